The zero-order valence-electron chi connectivity index (χ0n) is 21.8. The van der Waals surface area contributed by atoms with Gasteiger partial charge in [0.1, 0.15) is 17.6 Å². The summed E-state index contributed by atoms with van der Waals surface area (Å²) in [6.45, 7) is 0.267. The Balaban J connectivity index is 1.07. The van der Waals surface area contributed by atoms with Gasteiger partial charge >= 0.3 is 0 Å². The average Bonchev–Trinajstić information content (AvgIpc) is 3.52. The fourth-order valence-corrected chi connectivity index (χ4v) is 6.01. The van der Waals surface area contributed by atoms with Crippen LogP contribution in [0, 0.1) is 11.7 Å². The first-order chi connectivity index (χ1) is 19.4. The molecule has 1 aromatic heterocycles. The normalized spacial score (nSPS) is 22.8. The third kappa shape index (κ3) is 5.01. The highest BCUT2D eigenvalue weighted by atomic mass is 19.1. The van der Waals surface area contributed by atoms with E-state index in [1.54, 1.807) is 24.4 Å². The Bertz CT molecular complexity index is 1480. The number of anilines is 1. The number of nitrogens with one attached hydrogen (secondary N) is 2. The molecule has 9 nitrogen and oxygen atoms in total. The van der Waals surface area contributed by atoms with Crippen LogP contribution in [0.3, 0.4) is 0 Å². The van der Waals surface area contributed by atoms with Crippen molar-refractivity contribution in [2.24, 2.45) is 5.92 Å². The van der Waals surface area contributed by atoms with Crippen molar-refractivity contribution in [3.63, 3.8) is 0 Å². The van der Waals surface area contributed by atoms with Crippen LogP contribution in [0.4, 0.5) is 10.1 Å². The van der Waals surface area contributed by atoms with E-state index in [-0.39, 0.29) is 42.2 Å². The Morgan fingerprint density at radius 3 is 2.50 bits per heavy atom. The van der Waals surface area contributed by atoms with Crippen LogP contribution < -0.4 is 10.6 Å². The van der Waals surface area contributed by atoms with Crippen LogP contribution in [0.25, 0.3) is 0 Å². The number of hydrogen-bond acceptors (Lipinski definition) is 7. The third-order valence-corrected chi connectivity index (χ3v) is 8.13. The molecular formula is C30H29FN4O5. The molecule has 1 saturated carbocycles. The highest BCUT2D eigenvalue weighted by Gasteiger charge is 2.45. The van der Waals surface area contributed by atoms with E-state index in [4.69, 9.17) is 4.42 Å². The highest BCUT2D eigenvalue weighted by Crippen LogP contribution is 2.37. The molecule has 1 atom stereocenters. The van der Waals surface area contributed by atoms with Gasteiger partial charge in [0.2, 0.25) is 11.8 Å². The lowest BCUT2D eigenvalue weighted by molar-refractivity contribution is -0.136. The van der Waals surface area contributed by atoms with Crippen molar-refractivity contribution in [3.8, 4) is 0 Å². The summed E-state index contributed by atoms with van der Waals surface area (Å²) in [6.07, 6.45) is 6.83. The van der Waals surface area contributed by atoms with Crippen molar-refractivity contribution < 1.29 is 28.0 Å². The highest BCUT2D eigenvalue weighted by molar-refractivity contribution is 6.25. The monoisotopic (exact) mass is 544 g/mol. The summed E-state index contributed by atoms with van der Waals surface area (Å²) >= 11 is 0. The van der Waals surface area contributed by atoms with Gasteiger partial charge in [-0.1, -0.05) is 18.2 Å². The number of benzene rings is 2. The largest absolute Gasteiger partial charge is 0.444 e. The van der Waals surface area contributed by atoms with Gasteiger partial charge in [-0.25, -0.2) is 9.37 Å². The first-order valence-corrected chi connectivity index (χ1v) is 13.6. The third-order valence-electron chi connectivity index (χ3n) is 8.13. The maximum absolute atomic E-state index is 13.3. The molecule has 0 bridgehead atoms. The summed E-state index contributed by atoms with van der Waals surface area (Å²) in [5.74, 6) is -0.275. The van der Waals surface area contributed by atoms with Crippen LogP contribution in [0.2, 0.25) is 0 Å². The lowest BCUT2D eigenvalue weighted by Crippen LogP contribution is -2.54. The lowest BCUT2D eigenvalue weighted by Gasteiger charge is -2.27. The van der Waals surface area contributed by atoms with Crippen LogP contribution in [-0.4, -0.2) is 39.6 Å². The lowest BCUT2D eigenvalue weighted by atomic mass is 9.79. The number of hydrogen-bond donors (Lipinski definition) is 2. The van der Waals surface area contributed by atoms with Crippen molar-refractivity contribution >= 4 is 29.3 Å². The summed E-state index contributed by atoms with van der Waals surface area (Å²) in [7, 11) is 0. The second-order valence-electron chi connectivity index (χ2n) is 10.7. The van der Waals surface area contributed by atoms with Crippen molar-refractivity contribution in [1.82, 2.24) is 15.2 Å². The van der Waals surface area contributed by atoms with Gasteiger partial charge in [0.05, 0.1) is 23.9 Å². The van der Waals surface area contributed by atoms with Gasteiger partial charge in [-0.3, -0.25) is 29.4 Å². The number of oxazole rings is 1. The molecule has 0 radical (unpaired) electrons. The molecule has 1 aliphatic carbocycles. The van der Waals surface area contributed by atoms with Crippen LogP contribution in [0.1, 0.15) is 82.4 Å². The Morgan fingerprint density at radius 2 is 1.75 bits per heavy atom. The Kier molecular flexibility index (Phi) is 6.91. The van der Waals surface area contributed by atoms with Crippen molar-refractivity contribution in [1.29, 1.82) is 0 Å². The number of amides is 4. The van der Waals surface area contributed by atoms with Gasteiger partial charge in [0.15, 0.2) is 5.89 Å². The van der Waals surface area contributed by atoms with Crippen LogP contribution >= 0.6 is 0 Å². The van der Waals surface area contributed by atoms with E-state index in [2.05, 4.69) is 15.6 Å². The van der Waals surface area contributed by atoms with Gasteiger partial charge in [-0.15, -0.1) is 0 Å². The van der Waals surface area contributed by atoms with Crippen molar-refractivity contribution in [2.75, 3.05) is 5.32 Å². The molecule has 3 heterocycles. The maximum atomic E-state index is 13.3. The number of rotatable bonds is 7. The quantitative estimate of drug-likeness (QED) is 0.424. The molecule has 4 amide bonds. The van der Waals surface area contributed by atoms with Gasteiger partial charge in [0, 0.05) is 18.0 Å². The fourth-order valence-electron chi connectivity index (χ4n) is 6.01. The number of nitrogens with zero attached hydrogens (tertiary/aromatic N) is 2. The minimum atomic E-state index is -1.01. The number of carbonyl (C=O) groups is 4. The number of halogens is 1. The van der Waals surface area contributed by atoms with E-state index in [0.29, 0.717) is 23.3 Å². The maximum Gasteiger partial charge on any atom is 0.264 e. The molecule has 3 aromatic rings. The van der Waals surface area contributed by atoms with Gasteiger partial charge < -0.3 is 9.73 Å². The zero-order valence-corrected chi connectivity index (χ0v) is 21.8. The fraction of sp³-hybridized carbons (Fsp3) is 0.367. The number of carbonyl (C=O) groups excluding carboxylic acids is 4. The Hall–Kier alpha value is -4.34. The second kappa shape index (κ2) is 10.7. The summed E-state index contributed by atoms with van der Waals surface area (Å²) in [5.41, 5.74) is 2.04. The predicted molar refractivity (Wildman–Crippen MR) is 142 cm³/mol. The summed E-state index contributed by atoms with van der Waals surface area (Å²) in [6, 6.07) is 10.7. The van der Waals surface area contributed by atoms with Crippen LogP contribution in [-0.2, 0) is 22.6 Å². The second-order valence-corrected chi connectivity index (χ2v) is 10.7. The Labute approximate surface area is 230 Å². The molecule has 2 aliphatic heterocycles. The van der Waals surface area contributed by atoms with Crippen molar-refractivity contribution in [2.45, 2.75) is 63.5 Å². The van der Waals surface area contributed by atoms with Crippen molar-refractivity contribution in [3.05, 3.63) is 82.8 Å². The molecule has 1 unspecified atom stereocenters. The molecular weight excluding hydrogens is 515 g/mol. The molecule has 2 aromatic carbocycles. The van der Waals surface area contributed by atoms with E-state index in [1.165, 1.54) is 12.1 Å². The standard InChI is InChI=1S/C30H29FN4O5/c31-20-10-6-18(7-11-20)14-17-4-8-19(9-5-17)28-33-16-21(40-28)15-32-23-3-1-2-22-26(23)30(39)35(29(22)38)24-12-13-25(36)34-27(24)37/h1-3,6-7,10-11,16-17,19,24,32H,4-5,8-9,12-15H2,(H,34,36,37). The van der Waals surface area contributed by atoms with Gasteiger partial charge in [0.25, 0.3) is 11.8 Å². The van der Waals surface area contributed by atoms with Gasteiger partial charge in [-0.2, -0.15) is 0 Å². The molecule has 206 valence electrons. The SMILES string of the molecule is O=C1CCC(N2C(=O)c3cccc(NCc4cnc(C5CCC(Cc6ccc(F)cc6)CC5)o4)c3C2=O)C(=O)N1. The molecule has 2 fully saturated rings. The summed E-state index contributed by atoms with van der Waals surface area (Å²) in [5, 5.41) is 5.40. The molecule has 40 heavy (non-hydrogen) atoms. The summed E-state index contributed by atoms with van der Waals surface area (Å²) in [4.78, 5) is 55.7. The minimum Gasteiger partial charge on any atom is -0.444 e. The van der Waals surface area contributed by atoms with Crippen LogP contribution in [0.5, 0.6) is 0 Å². The molecule has 3 aliphatic rings. The number of aromatic nitrogens is 1. The smallest absolute Gasteiger partial charge is 0.264 e. The number of fused-ring (bicyclic) bond motifs is 1. The minimum absolute atomic E-state index is 0.0681. The zero-order chi connectivity index (χ0) is 27.8. The molecule has 2 N–H and O–H groups in total. The number of imide groups is 2. The van der Waals surface area contributed by atoms with E-state index in [0.717, 1.165) is 42.6 Å². The van der Waals surface area contributed by atoms with Gasteiger partial charge in [-0.05, 0) is 74.3 Å². The molecule has 0 spiro atoms. The van der Waals surface area contributed by atoms with E-state index < -0.39 is 29.7 Å². The van der Waals surface area contributed by atoms with Crippen LogP contribution in [0.15, 0.2) is 53.1 Å². The Morgan fingerprint density at radius 1 is 0.975 bits per heavy atom. The predicted octanol–water partition coefficient (Wildman–Crippen LogP) is 4.34. The molecule has 1 saturated heterocycles. The first-order valence-electron chi connectivity index (χ1n) is 13.6. The average molecular weight is 545 g/mol. The summed E-state index contributed by atoms with van der Waals surface area (Å²) < 4.78 is 19.2. The molecule has 10 heteroatoms. The topological polar surface area (TPSA) is 122 Å². The van der Waals surface area contributed by atoms with E-state index >= 15 is 0 Å². The molecule has 6 rings (SSSR count). The van der Waals surface area contributed by atoms with E-state index in [1.807, 2.05) is 12.1 Å². The number of piperidine rings is 1. The first kappa shape index (κ1) is 25.9. The van der Waals surface area contributed by atoms with E-state index in [9.17, 15) is 23.6 Å².